The van der Waals surface area contributed by atoms with Gasteiger partial charge in [0.15, 0.2) is 0 Å². The maximum absolute atomic E-state index is 6.25. The van der Waals surface area contributed by atoms with Crippen molar-refractivity contribution < 1.29 is 13.7 Å². The summed E-state index contributed by atoms with van der Waals surface area (Å²) >= 11 is 0. The van der Waals surface area contributed by atoms with Crippen molar-refractivity contribution in [3.05, 3.63) is 60.6 Å². The molecule has 2 aromatic heterocycles. The molecule has 0 amide bonds. The number of aromatic nitrogens is 2. The number of hydrogen-bond donors (Lipinski definition) is 1. The molecule has 5 nitrogen and oxygen atoms in total. The molecule has 2 aromatic carbocycles. The van der Waals surface area contributed by atoms with E-state index in [1.807, 2.05) is 12.3 Å². The molecule has 0 bridgehead atoms. The first-order valence-corrected chi connectivity index (χ1v) is 12.4. The van der Waals surface area contributed by atoms with Gasteiger partial charge in [0, 0.05) is 16.9 Å². The molecule has 5 rings (SSSR count). The number of aromatic amines is 1. The van der Waals surface area contributed by atoms with E-state index in [-0.39, 0.29) is 16.6 Å². The Balaban J connectivity index is 1.37. The van der Waals surface area contributed by atoms with Crippen molar-refractivity contribution in [1.29, 1.82) is 0 Å². The summed E-state index contributed by atoms with van der Waals surface area (Å²) in [7, 11) is -0.405. The van der Waals surface area contributed by atoms with Crippen molar-refractivity contribution in [2.45, 2.75) is 72.5 Å². The first kappa shape index (κ1) is 23.9. The molecule has 1 aliphatic rings. The Labute approximate surface area is 208 Å². The van der Waals surface area contributed by atoms with Gasteiger partial charge in [0.2, 0.25) is 0 Å². The van der Waals surface area contributed by atoms with Crippen LogP contribution in [-0.2, 0) is 9.31 Å². The van der Waals surface area contributed by atoms with Crippen molar-refractivity contribution in [2.75, 3.05) is 0 Å². The predicted octanol–water partition coefficient (Wildman–Crippen LogP) is 6.94. The highest BCUT2D eigenvalue weighted by Gasteiger charge is 2.51. The third-order valence-corrected chi connectivity index (χ3v) is 7.85. The average molecular weight is 470 g/mol. The quantitative estimate of drug-likeness (QED) is 0.328. The van der Waals surface area contributed by atoms with E-state index in [0.717, 1.165) is 44.8 Å². The maximum atomic E-state index is 6.25. The van der Waals surface area contributed by atoms with Crippen molar-refractivity contribution in [2.24, 2.45) is 5.41 Å². The van der Waals surface area contributed by atoms with E-state index in [1.54, 1.807) is 0 Å². The summed E-state index contributed by atoms with van der Waals surface area (Å²) in [5.74, 6) is 2.20. The number of hydrogen-bond acceptors (Lipinski definition) is 4. The molecule has 1 fully saturated rings. The number of fused-ring (bicyclic) bond motifs is 1. The molecule has 1 aliphatic heterocycles. The van der Waals surface area contributed by atoms with Crippen LogP contribution in [0.25, 0.3) is 33.6 Å². The fraction of sp³-hybridized carbons (Fsp3) is 0.414. The van der Waals surface area contributed by atoms with Gasteiger partial charge in [0.25, 0.3) is 0 Å². The predicted molar refractivity (Wildman–Crippen MR) is 143 cm³/mol. The van der Waals surface area contributed by atoms with Gasteiger partial charge < -0.3 is 18.7 Å². The standard InChI is InChI=1S/C29H35BN2O3/c1-18(27(2,3)4)26-31-17-23(32-26)19-9-11-20(12-10-19)24-15-21-13-14-22(16-25(21)33-24)30-34-28(5,6)29(7,8)35-30/h9-18H,1-8H3,(H,31,32)/t18-/m1/s1. The first-order valence-electron chi connectivity index (χ1n) is 12.4. The molecule has 0 saturated carbocycles. The summed E-state index contributed by atoms with van der Waals surface area (Å²) in [5.41, 5.74) is 4.36. The Morgan fingerprint density at radius 2 is 1.51 bits per heavy atom. The molecule has 1 saturated heterocycles. The fourth-order valence-electron chi connectivity index (χ4n) is 4.24. The molecule has 0 radical (unpaired) electrons. The molecule has 6 heteroatoms. The summed E-state index contributed by atoms with van der Waals surface area (Å²) in [6, 6.07) is 16.6. The summed E-state index contributed by atoms with van der Waals surface area (Å²) in [6.45, 7) is 17.2. The van der Waals surface area contributed by atoms with Crippen LogP contribution < -0.4 is 5.46 Å². The Morgan fingerprint density at radius 3 is 2.14 bits per heavy atom. The van der Waals surface area contributed by atoms with Crippen LogP contribution in [0.1, 0.15) is 67.1 Å². The third kappa shape index (κ3) is 4.34. The molecule has 1 N–H and O–H groups in total. The van der Waals surface area contributed by atoms with Gasteiger partial charge in [0.1, 0.15) is 17.2 Å². The molecule has 3 heterocycles. The highest BCUT2D eigenvalue weighted by atomic mass is 16.7. The lowest BCUT2D eigenvalue weighted by molar-refractivity contribution is 0.00578. The van der Waals surface area contributed by atoms with Crippen molar-refractivity contribution in [3.63, 3.8) is 0 Å². The van der Waals surface area contributed by atoms with Crippen LogP contribution in [0.3, 0.4) is 0 Å². The van der Waals surface area contributed by atoms with Gasteiger partial charge in [-0.25, -0.2) is 4.98 Å². The first-order chi connectivity index (χ1) is 16.3. The van der Waals surface area contributed by atoms with Gasteiger partial charge >= 0.3 is 7.12 Å². The second-order valence-electron chi connectivity index (χ2n) is 11.8. The van der Waals surface area contributed by atoms with Crippen LogP contribution in [0.4, 0.5) is 0 Å². The smallest absolute Gasteiger partial charge is 0.456 e. The maximum Gasteiger partial charge on any atom is 0.494 e. The summed E-state index contributed by atoms with van der Waals surface area (Å²) in [6.07, 6.45) is 1.92. The summed E-state index contributed by atoms with van der Waals surface area (Å²) in [5, 5.41) is 1.05. The number of nitrogens with one attached hydrogen (secondary N) is 1. The zero-order valence-corrected chi connectivity index (χ0v) is 22.0. The van der Waals surface area contributed by atoms with E-state index in [2.05, 4.69) is 108 Å². The highest BCUT2D eigenvalue weighted by molar-refractivity contribution is 6.62. The topological polar surface area (TPSA) is 60.3 Å². The monoisotopic (exact) mass is 470 g/mol. The van der Waals surface area contributed by atoms with Gasteiger partial charge in [-0.3, -0.25) is 0 Å². The van der Waals surface area contributed by atoms with E-state index < -0.39 is 7.12 Å². The van der Waals surface area contributed by atoms with Crippen molar-refractivity contribution in [1.82, 2.24) is 9.97 Å². The minimum atomic E-state index is -0.405. The Bertz CT molecular complexity index is 1340. The van der Waals surface area contributed by atoms with Crippen molar-refractivity contribution >= 4 is 23.6 Å². The minimum Gasteiger partial charge on any atom is -0.456 e. The number of rotatable bonds is 4. The summed E-state index contributed by atoms with van der Waals surface area (Å²) < 4.78 is 18.7. The number of imidazole rings is 1. The van der Waals surface area contributed by atoms with Gasteiger partial charge in [-0.1, -0.05) is 64.1 Å². The van der Waals surface area contributed by atoms with Gasteiger partial charge in [-0.05, 0) is 56.3 Å². The number of H-pyrrole nitrogens is 1. The molecule has 0 unspecified atom stereocenters. The molecule has 0 aliphatic carbocycles. The minimum absolute atomic E-state index is 0.155. The molecule has 0 spiro atoms. The summed E-state index contributed by atoms with van der Waals surface area (Å²) in [4.78, 5) is 8.14. The van der Waals surface area contributed by atoms with Gasteiger partial charge in [-0.2, -0.15) is 0 Å². The van der Waals surface area contributed by atoms with Crippen LogP contribution in [0.2, 0.25) is 0 Å². The lowest BCUT2D eigenvalue weighted by Crippen LogP contribution is -2.41. The van der Waals surface area contributed by atoms with Gasteiger partial charge in [0.05, 0.1) is 23.1 Å². The number of benzene rings is 2. The average Bonchev–Trinajstić information content (AvgIpc) is 3.48. The van der Waals surface area contributed by atoms with E-state index in [0.29, 0.717) is 5.92 Å². The van der Waals surface area contributed by atoms with Crippen LogP contribution in [0.5, 0.6) is 0 Å². The van der Waals surface area contributed by atoms with Crippen LogP contribution >= 0.6 is 0 Å². The molecular formula is C29H35BN2O3. The zero-order valence-electron chi connectivity index (χ0n) is 22.0. The van der Waals surface area contributed by atoms with Crippen molar-refractivity contribution in [3.8, 4) is 22.6 Å². The van der Waals surface area contributed by atoms with Crippen LogP contribution in [-0.4, -0.2) is 28.3 Å². The SMILES string of the molecule is C[C@H](c1ncc(-c2ccc(-c3cc4ccc(B5OC(C)(C)C(C)(C)O5)cc4o3)cc2)[nH]1)C(C)(C)C. The zero-order chi connectivity index (χ0) is 25.2. The van der Waals surface area contributed by atoms with E-state index >= 15 is 0 Å². The Morgan fingerprint density at radius 1 is 0.886 bits per heavy atom. The molecule has 4 aromatic rings. The lowest BCUT2D eigenvalue weighted by Gasteiger charge is -2.32. The van der Waals surface area contributed by atoms with E-state index in [9.17, 15) is 0 Å². The Hall–Kier alpha value is -2.83. The fourth-order valence-corrected chi connectivity index (χ4v) is 4.24. The van der Waals surface area contributed by atoms with Crippen LogP contribution in [0.15, 0.2) is 59.1 Å². The highest BCUT2D eigenvalue weighted by Crippen LogP contribution is 2.37. The molecule has 182 valence electrons. The van der Waals surface area contributed by atoms with Crippen LogP contribution in [0, 0.1) is 5.41 Å². The van der Waals surface area contributed by atoms with E-state index in [1.165, 1.54) is 0 Å². The molecular weight excluding hydrogens is 435 g/mol. The second kappa shape index (κ2) is 8.11. The Kier molecular flexibility index (Phi) is 5.53. The van der Waals surface area contributed by atoms with E-state index in [4.69, 9.17) is 13.7 Å². The number of nitrogens with zero attached hydrogens (tertiary/aromatic N) is 1. The second-order valence-corrected chi connectivity index (χ2v) is 11.8. The largest absolute Gasteiger partial charge is 0.494 e. The normalized spacial score (nSPS) is 18.3. The number of furan rings is 1. The third-order valence-electron chi connectivity index (χ3n) is 7.85. The van der Waals surface area contributed by atoms with Gasteiger partial charge in [-0.15, -0.1) is 0 Å². The molecule has 35 heavy (non-hydrogen) atoms. The lowest BCUT2D eigenvalue weighted by atomic mass is 9.79. The molecule has 1 atom stereocenters.